The maximum atomic E-state index is 13.4. The molecule has 1 N–H and O–H groups in total. The van der Waals surface area contributed by atoms with Crippen molar-refractivity contribution in [1.29, 1.82) is 0 Å². The zero-order valence-corrected chi connectivity index (χ0v) is 21.7. The Balaban J connectivity index is 1.23. The van der Waals surface area contributed by atoms with Gasteiger partial charge in [-0.1, -0.05) is 47.6 Å². The van der Waals surface area contributed by atoms with Crippen molar-refractivity contribution in [2.75, 3.05) is 24.7 Å². The first-order valence-corrected chi connectivity index (χ1v) is 13.9. The fraction of sp³-hybridized carbons (Fsp3) is 0.259. The van der Waals surface area contributed by atoms with Crippen LogP contribution in [0.25, 0.3) is 11.3 Å². The minimum absolute atomic E-state index is 0.0577. The molecule has 0 atom stereocenters. The van der Waals surface area contributed by atoms with Gasteiger partial charge in [0.05, 0.1) is 10.7 Å². The number of likely N-dealkylation sites (tertiary alicyclic amines) is 1. The van der Waals surface area contributed by atoms with Gasteiger partial charge in [0.15, 0.2) is 0 Å². The largest absolute Gasteiger partial charge is 0.360 e. The lowest BCUT2D eigenvalue weighted by atomic mass is 9.96. The van der Waals surface area contributed by atoms with Crippen LogP contribution in [0.15, 0.2) is 69.4 Å². The molecule has 1 aliphatic heterocycles. The van der Waals surface area contributed by atoms with Crippen molar-refractivity contribution in [2.24, 2.45) is 0 Å². The van der Waals surface area contributed by atoms with E-state index in [2.05, 4.69) is 15.5 Å². The molecule has 0 aliphatic carbocycles. The molecule has 0 bridgehead atoms. The van der Waals surface area contributed by atoms with Crippen molar-refractivity contribution in [3.05, 3.63) is 82.0 Å². The third-order valence-electron chi connectivity index (χ3n) is 6.36. The third kappa shape index (κ3) is 4.94. The minimum Gasteiger partial charge on any atom is -0.360 e. The summed E-state index contributed by atoms with van der Waals surface area (Å²) >= 11 is 3.10. The lowest BCUT2D eigenvalue weighted by Crippen LogP contribution is -2.38. The summed E-state index contributed by atoms with van der Waals surface area (Å²) in [7, 11) is 0. The van der Waals surface area contributed by atoms with Crippen molar-refractivity contribution in [2.45, 2.75) is 30.6 Å². The van der Waals surface area contributed by atoms with Crippen LogP contribution >= 0.6 is 23.1 Å². The molecule has 2 amide bonds. The van der Waals surface area contributed by atoms with E-state index >= 15 is 0 Å². The Kier molecular flexibility index (Phi) is 7.20. The molecule has 7 nitrogen and oxygen atoms in total. The van der Waals surface area contributed by atoms with Crippen molar-refractivity contribution in [3.63, 3.8) is 0 Å². The number of para-hydroxylation sites is 1. The summed E-state index contributed by atoms with van der Waals surface area (Å²) in [5.41, 5.74) is 3.19. The quantitative estimate of drug-likeness (QED) is 0.310. The number of hydrogen-bond donors (Lipinski definition) is 1. The molecule has 1 aliphatic rings. The smallest absolute Gasteiger partial charge is 0.275 e. The Morgan fingerprint density at radius 2 is 1.81 bits per heavy atom. The summed E-state index contributed by atoms with van der Waals surface area (Å²) in [6, 6.07) is 17.3. The van der Waals surface area contributed by atoms with E-state index in [9.17, 15) is 9.59 Å². The van der Waals surface area contributed by atoms with Crippen LogP contribution in [-0.4, -0.2) is 46.2 Å². The SMILES string of the molecule is CSc1ccccc1NC(=O)c1csc(C2CCN(C(=O)c3c(-c4ccccc4)noc3C)CC2)n1. The number of rotatable bonds is 6. The molecule has 1 saturated heterocycles. The molecule has 5 rings (SSSR count). The number of carbonyl (C=O) groups is 2. The lowest BCUT2D eigenvalue weighted by Gasteiger charge is -2.31. The van der Waals surface area contributed by atoms with Crippen LogP contribution in [0.2, 0.25) is 0 Å². The fourth-order valence-corrected chi connectivity index (χ4v) is 5.94. The first-order chi connectivity index (χ1) is 17.5. The second-order valence-corrected chi connectivity index (χ2v) is 10.4. The summed E-state index contributed by atoms with van der Waals surface area (Å²) in [5, 5.41) is 9.88. The molecule has 0 saturated carbocycles. The number of nitrogens with one attached hydrogen (secondary N) is 1. The third-order valence-corrected chi connectivity index (χ3v) is 8.17. The van der Waals surface area contributed by atoms with Crippen molar-refractivity contribution < 1.29 is 14.1 Å². The standard InChI is InChI=1S/C27H26N4O3S2/c1-17-23(24(30-34-17)18-8-4-3-5-9-18)27(33)31-14-12-19(13-15-31)26-29-21(16-36-26)25(32)28-20-10-6-7-11-22(20)35-2/h3-11,16,19H,12-15H2,1-2H3,(H,28,32). The van der Waals surface area contributed by atoms with Gasteiger partial charge in [0.2, 0.25) is 0 Å². The highest BCUT2D eigenvalue weighted by Gasteiger charge is 2.31. The first kappa shape index (κ1) is 24.3. The van der Waals surface area contributed by atoms with E-state index in [1.54, 1.807) is 18.7 Å². The number of aromatic nitrogens is 2. The second kappa shape index (κ2) is 10.7. The molecule has 3 heterocycles. The van der Waals surface area contributed by atoms with E-state index in [4.69, 9.17) is 4.52 Å². The Hall–Kier alpha value is -3.43. The molecule has 2 aromatic carbocycles. The number of aryl methyl sites for hydroxylation is 1. The zero-order valence-electron chi connectivity index (χ0n) is 20.1. The van der Waals surface area contributed by atoms with E-state index in [1.165, 1.54) is 11.3 Å². The molecule has 2 aromatic heterocycles. The first-order valence-electron chi connectivity index (χ1n) is 11.8. The predicted octanol–water partition coefficient (Wildman–Crippen LogP) is 6.10. The van der Waals surface area contributed by atoms with Crippen molar-refractivity contribution >= 4 is 40.6 Å². The molecule has 0 radical (unpaired) electrons. The molecule has 9 heteroatoms. The normalized spacial score (nSPS) is 14.1. The number of thioether (sulfide) groups is 1. The number of anilines is 1. The van der Waals surface area contributed by atoms with Gasteiger partial charge in [-0.2, -0.15) is 0 Å². The van der Waals surface area contributed by atoms with Gasteiger partial charge in [-0.15, -0.1) is 23.1 Å². The number of benzene rings is 2. The average Bonchev–Trinajstić information content (AvgIpc) is 3.57. The summed E-state index contributed by atoms with van der Waals surface area (Å²) in [4.78, 5) is 33.7. The van der Waals surface area contributed by atoms with Gasteiger partial charge in [0.1, 0.15) is 22.7 Å². The number of carbonyl (C=O) groups excluding carboxylic acids is 2. The van der Waals surface area contributed by atoms with E-state index in [1.807, 2.05) is 71.1 Å². The zero-order chi connectivity index (χ0) is 25.1. The molecular formula is C27H26N4O3S2. The van der Waals surface area contributed by atoms with Gasteiger partial charge in [-0.25, -0.2) is 4.98 Å². The van der Waals surface area contributed by atoms with Gasteiger partial charge < -0.3 is 14.7 Å². The molecule has 1 fully saturated rings. The maximum absolute atomic E-state index is 13.4. The van der Waals surface area contributed by atoms with Gasteiger partial charge in [0, 0.05) is 34.8 Å². The molecule has 0 spiro atoms. The lowest BCUT2D eigenvalue weighted by molar-refractivity contribution is 0.0712. The average molecular weight is 519 g/mol. The van der Waals surface area contributed by atoms with E-state index in [0.29, 0.717) is 35.8 Å². The number of nitrogens with zero attached hydrogens (tertiary/aromatic N) is 3. The molecule has 36 heavy (non-hydrogen) atoms. The van der Waals surface area contributed by atoms with Crippen LogP contribution < -0.4 is 5.32 Å². The Labute approximate surface area is 217 Å². The summed E-state index contributed by atoms with van der Waals surface area (Å²) in [6.07, 6.45) is 3.57. The maximum Gasteiger partial charge on any atom is 0.275 e. The van der Waals surface area contributed by atoms with Crippen LogP contribution in [0.3, 0.4) is 0 Å². The van der Waals surface area contributed by atoms with E-state index in [-0.39, 0.29) is 17.7 Å². The van der Waals surface area contributed by atoms with Crippen LogP contribution in [0.5, 0.6) is 0 Å². The number of thiazole rings is 1. The second-order valence-electron chi connectivity index (χ2n) is 8.62. The van der Waals surface area contributed by atoms with E-state index < -0.39 is 0 Å². The van der Waals surface area contributed by atoms with Crippen LogP contribution in [0, 0.1) is 6.92 Å². The van der Waals surface area contributed by atoms with Gasteiger partial charge in [-0.05, 0) is 38.2 Å². The molecule has 0 unspecified atom stereocenters. The molecular weight excluding hydrogens is 492 g/mol. The predicted molar refractivity (Wildman–Crippen MR) is 143 cm³/mol. The molecule has 4 aromatic rings. The van der Waals surface area contributed by atoms with Gasteiger partial charge in [0.25, 0.3) is 11.8 Å². The van der Waals surface area contributed by atoms with E-state index in [0.717, 1.165) is 34.0 Å². The molecule has 184 valence electrons. The Bertz CT molecular complexity index is 1370. The number of amides is 2. The monoisotopic (exact) mass is 518 g/mol. The summed E-state index contributed by atoms with van der Waals surface area (Å²) < 4.78 is 5.39. The number of piperidine rings is 1. The van der Waals surface area contributed by atoms with Crippen molar-refractivity contribution in [3.8, 4) is 11.3 Å². The van der Waals surface area contributed by atoms with Crippen molar-refractivity contribution in [1.82, 2.24) is 15.0 Å². The van der Waals surface area contributed by atoms with Crippen LogP contribution in [0.1, 0.15) is 50.4 Å². The topological polar surface area (TPSA) is 88.3 Å². The summed E-state index contributed by atoms with van der Waals surface area (Å²) in [5.74, 6) is 0.483. The minimum atomic E-state index is -0.206. The van der Waals surface area contributed by atoms with Gasteiger partial charge >= 0.3 is 0 Å². The highest BCUT2D eigenvalue weighted by Crippen LogP contribution is 2.33. The Morgan fingerprint density at radius 1 is 1.08 bits per heavy atom. The fourth-order valence-electron chi connectivity index (χ4n) is 4.42. The van der Waals surface area contributed by atoms with Crippen LogP contribution in [0.4, 0.5) is 5.69 Å². The highest BCUT2D eigenvalue weighted by atomic mass is 32.2. The number of hydrogen-bond acceptors (Lipinski definition) is 7. The van der Waals surface area contributed by atoms with Crippen LogP contribution in [-0.2, 0) is 0 Å². The Morgan fingerprint density at radius 3 is 2.56 bits per heavy atom. The van der Waals surface area contributed by atoms with Gasteiger partial charge in [-0.3, -0.25) is 9.59 Å². The summed E-state index contributed by atoms with van der Waals surface area (Å²) in [6.45, 7) is 3.01. The highest BCUT2D eigenvalue weighted by molar-refractivity contribution is 7.98.